The van der Waals surface area contributed by atoms with Crippen molar-refractivity contribution in [2.45, 2.75) is 19.8 Å². The van der Waals surface area contributed by atoms with Crippen LogP contribution in [0.5, 0.6) is 5.75 Å². The monoisotopic (exact) mass is 294 g/mol. The van der Waals surface area contributed by atoms with Crippen molar-refractivity contribution in [2.24, 2.45) is 0 Å². The van der Waals surface area contributed by atoms with Gasteiger partial charge in [-0.2, -0.15) is 0 Å². The topological polar surface area (TPSA) is 48.2 Å². The summed E-state index contributed by atoms with van der Waals surface area (Å²) >= 11 is 0. The fourth-order valence-electron chi connectivity index (χ4n) is 2.09. The fourth-order valence-corrected chi connectivity index (χ4v) is 2.09. The molecule has 0 amide bonds. The molecule has 112 valence electrons. The Morgan fingerprint density at radius 3 is 2.50 bits per heavy atom. The average Bonchev–Trinajstić information content (AvgIpc) is 3.07. The maximum atomic E-state index is 5.81. The van der Waals surface area contributed by atoms with E-state index in [1.165, 1.54) is 0 Å². The van der Waals surface area contributed by atoms with Crippen molar-refractivity contribution >= 4 is 0 Å². The highest BCUT2D eigenvalue weighted by molar-refractivity contribution is 5.61. The first-order valence-corrected chi connectivity index (χ1v) is 7.46. The molecule has 3 aromatic rings. The van der Waals surface area contributed by atoms with Crippen LogP contribution in [0.25, 0.3) is 22.8 Å². The van der Waals surface area contributed by atoms with Crippen LogP contribution < -0.4 is 4.74 Å². The Balaban J connectivity index is 1.73. The van der Waals surface area contributed by atoms with Crippen molar-refractivity contribution in [3.63, 3.8) is 0 Å². The molecule has 2 heterocycles. The number of pyridine rings is 1. The van der Waals surface area contributed by atoms with Crippen LogP contribution in [-0.2, 0) is 0 Å². The maximum absolute atomic E-state index is 5.81. The van der Waals surface area contributed by atoms with Gasteiger partial charge in [0.1, 0.15) is 5.75 Å². The summed E-state index contributed by atoms with van der Waals surface area (Å²) in [6.45, 7) is 2.90. The van der Waals surface area contributed by atoms with E-state index in [4.69, 9.17) is 9.15 Å². The third-order valence-electron chi connectivity index (χ3n) is 3.34. The Labute approximate surface area is 129 Å². The lowest BCUT2D eigenvalue weighted by Gasteiger charge is -2.05. The van der Waals surface area contributed by atoms with Gasteiger partial charge < -0.3 is 9.15 Å². The number of unbranched alkanes of at least 4 members (excludes halogenated alkanes) is 1. The van der Waals surface area contributed by atoms with Crippen molar-refractivity contribution in [3.05, 3.63) is 55.0 Å². The summed E-state index contributed by atoms with van der Waals surface area (Å²) in [7, 11) is 0. The van der Waals surface area contributed by atoms with Crippen molar-refractivity contribution in [2.75, 3.05) is 6.61 Å². The fraction of sp³-hybridized carbons (Fsp3) is 0.222. The van der Waals surface area contributed by atoms with E-state index in [0.717, 1.165) is 42.1 Å². The van der Waals surface area contributed by atoms with E-state index in [0.29, 0.717) is 5.89 Å². The number of rotatable bonds is 6. The van der Waals surface area contributed by atoms with Crippen LogP contribution in [0, 0.1) is 0 Å². The van der Waals surface area contributed by atoms with E-state index in [-0.39, 0.29) is 0 Å². The summed E-state index contributed by atoms with van der Waals surface area (Å²) in [6, 6.07) is 11.6. The Kier molecular flexibility index (Phi) is 4.49. The second kappa shape index (κ2) is 6.89. The normalized spacial score (nSPS) is 10.6. The number of oxazole rings is 1. The molecule has 0 saturated heterocycles. The van der Waals surface area contributed by atoms with Crippen molar-refractivity contribution in [1.82, 2.24) is 9.97 Å². The predicted octanol–water partition coefficient (Wildman–Crippen LogP) is 4.58. The van der Waals surface area contributed by atoms with Gasteiger partial charge in [-0.1, -0.05) is 13.3 Å². The molecule has 0 atom stereocenters. The minimum Gasteiger partial charge on any atom is -0.494 e. The quantitative estimate of drug-likeness (QED) is 0.624. The predicted molar refractivity (Wildman–Crippen MR) is 85.6 cm³/mol. The van der Waals surface area contributed by atoms with Gasteiger partial charge in [0, 0.05) is 23.5 Å². The summed E-state index contributed by atoms with van der Waals surface area (Å²) < 4.78 is 11.5. The Bertz CT molecular complexity index is 705. The van der Waals surface area contributed by atoms with Crippen molar-refractivity contribution in [3.8, 4) is 28.5 Å². The van der Waals surface area contributed by atoms with E-state index in [9.17, 15) is 0 Å². The highest BCUT2D eigenvalue weighted by Gasteiger charge is 2.08. The van der Waals surface area contributed by atoms with Crippen LogP contribution in [-0.4, -0.2) is 16.6 Å². The molecule has 1 aromatic carbocycles. The molecular weight excluding hydrogens is 276 g/mol. The van der Waals surface area contributed by atoms with E-state index in [1.807, 2.05) is 36.4 Å². The molecule has 0 aliphatic carbocycles. The van der Waals surface area contributed by atoms with E-state index < -0.39 is 0 Å². The van der Waals surface area contributed by atoms with Gasteiger partial charge in [-0.3, -0.25) is 4.98 Å². The molecule has 3 rings (SSSR count). The first-order valence-electron chi connectivity index (χ1n) is 7.46. The molecule has 0 radical (unpaired) electrons. The first-order chi connectivity index (χ1) is 10.9. The van der Waals surface area contributed by atoms with Gasteiger partial charge in [0.05, 0.1) is 12.8 Å². The van der Waals surface area contributed by atoms with Gasteiger partial charge in [0.25, 0.3) is 0 Å². The SMILES string of the molecule is CCCCOc1ccc(-c2cnc(-c3ccncc3)o2)cc1. The molecule has 22 heavy (non-hydrogen) atoms. The zero-order valence-electron chi connectivity index (χ0n) is 12.5. The van der Waals surface area contributed by atoms with E-state index in [1.54, 1.807) is 18.6 Å². The number of hydrogen-bond acceptors (Lipinski definition) is 4. The lowest BCUT2D eigenvalue weighted by atomic mass is 10.2. The smallest absolute Gasteiger partial charge is 0.226 e. The van der Waals surface area contributed by atoms with Gasteiger partial charge >= 0.3 is 0 Å². The molecule has 4 heteroatoms. The lowest BCUT2D eigenvalue weighted by Crippen LogP contribution is -1.95. The third kappa shape index (κ3) is 3.34. The minimum atomic E-state index is 0.598. The molecule has 2 aromatic heterocycles. The Morgan fingerprint density at radius 2 is 1.77 bits per heavy atom. The van der Waals surface area contributed by atoms with Gasteiger partial charge in [-0.25, -0.2) is 4.98 Å². The van der Waals surface area contributed by atoms with Crippen LogP contribution >= 0.6 is 0 Å². The van der Waals surface area contributed by atoms with Crippen LogP contribution in [0.4, 0.5) is 0 Å². The zero-order valence-corrected chi connectivity index (χ0v) is 12.5. The average molecular weight is 294 g/mol. The van der Waals surface area contributed by atoms with Crippen LogP contribution in [0.15, 0.2) is 59.4 Å². The molecular formula is C18H18N2O2. The maximum Gasteiger partial charge on any atom is 0.226 e. The molecule has 0 fully saturated rings. The summed E-state index contributed by atoms with van der Waals surface area (Å²) in [6.07, 6.45) is 7.39. The second-order valence-corrected chi connectivity index (χ2v) is 4.99. The molecule has 0 spiro atoms. The summed E-state index contributed by atoms with van der Waals surface area (Å²) in [4.78, 5) is 8.31. The number of benzene rings is 1. The highest BCUT2D eigenvalue weighted by atomic mass is 16.5. The van der Waals surface area contributed by atoms with Crippen molar-refractivity contribution in [1.29, 1.82) is 0 Å². The first kappa shape index (κ1) is 14.3. The second-order valence-electron chi connectivity index (χ2n) is 4.99. The lowest BCUT2D eigenvalue weighted by molar-refractivity contribution is 0.309. The minimum absolute atomic E-state index is 0.598. The van der Waals surface area contributed by atoms with Gasteiger partial charge in [0.15, 0.2) is 5.76 Å². The third-order valence-corrected chi connectivity index (χ3v) is 3.34. The Morgan fingerprint density at radius 1 is 1.00 bits per heavy atom. The molecule has 0 saturated carbocycles. The van der Waals surface area contributed by atoms with Gasteiger partial charge in [0.2, 0.25) is 5.89 Å². The van der Waals surface area contributed by atoms with Gasteiger partial charge in [-0.05, 0) is 42.8 Å². The molecule has 0 N–H and O–H groups in total. The highest BCUT2D eigenvalue weighted by Crippen LogP contribution is 2.27. The largest absolute Gasteiger partial charge is 0.494 e. The zero-order chi connectivity index (χ0) is 15.2. The Hall–Kier alpha value is -2.62. The number of nitrogens with zero attached hydrogens (tertiary/aromatic N) is 2. The number of ether oxygens (including phenoxy) is 1. The molecule has 4 nitrogen and oxygen atoms in total. The molecule has 0 aliphatic rings. The van der Waals surface area contributed by atoms with Gasteiger partial charge in [-0.15, -0.1) is 0 Å². The van der Waals surface area contributed by atoms with E-state index in [2.05, 4.69) is 16.9 Å². The number of hydrogen-bond donors (Lipinski definition) is 0. The van der Waals surface area contributed by atoms with Crippen molar-refractivity contribution < 1.29 is 9.15 Å². The molecule has 0 unspecified atom stereocenters. The summed E-state index contributed by atoms with van der Waals surface area (Å²) in [5.74, 6) is 2.22. The molecule has 0 aliphatic heterocycles. The standard InChI is InChI=1S/C18H18N2O2/c1-2-3-12-21-16-6-4-14(5-7-16)17-13-20-18(22-17)15-8-10-19-11-9-15/h4-11,13H,2-3,12H2,1H3. The summed E-state index contributed by atoms with van der Waals surface area (Å²) in [5, 5.41) is 0. The van der Waals surface area contributed by atoms with Crippen LogP contribution in [0.1, 0.15) is 19.8 Å². The van der Waals surface area contributed by atoms with E-state index >= 15 is 0 Å². The molecule has 0 bridgehead atoms. The van der Waals surface area contributed by atoms with Crippen LogP contribution in [0.2, 0.25) is 0 Å². The van der Waals surface area contributed by atoms with Crippen LogP contribution in [0.3, 0.4) is 0 Å². The summed E-state index contributed by atoms with van der Waals surface area (Å²) in [5.41, 5.74) is 1.90. The number of aromatic nitrogens is 2.